The maximum Gasteiger partial charge on any atom is 0.0752 e. The van der Waals surface area contributed by atoms with E-state index >= 15 is 0 Å². The number of nitrogens with zero attached hydrogens (tertiary/aromatic N) is 1. The summed E-state index contributed by atoms with van der Waals surface area (Å²) >= 11 is 6.47. The number of halogens is 1. The maximum atomic E-state index is 6.47. The minimum Gasteiger partial charge on any atom is -0.381 e. The van der Waals surface area contributed by atoms with Crippen molar-refractivity contribution in [3.8, 4) is 0 Å². The van der Waals surface area contributed by atoms with Crippen LogP contribution in [0.1, 0.15) is 38.2 Å². The van der Waals surface area contributed by atoms with E-state index in [1.165, 1.54) is 25.7 Å². The molecule has 2 atom stereocenters. The van der Waals surface area contributed by atoms with Gasteiger partial charge in [0.1, 0.15) is 0 Å². The molecule has 1 aromatic heterocycles. The minimum atomic E-state index is 0.545. The lowest BCUT2D eigenvalue weighted by atomic mass is 10.0. The quantitative estimate of drug-likeness (QED) is 0.841. The molecule has 0 saturated heterocycles. The second-order valence-corrected chi connectivity index (χ2v) is 6.29. The van der Waals surface area contributed by atoms with Gasteiger partial charge in [-0.25, -0.2) is 0 Å². The SMILES string of the molecule is CCC1CCC(Nc2c(Cl)cc(C)c3ncccc23)C1. The highest BCUT2D eigenvalue weighted by Crippen LogP contribution is 2.36. The fraction of sp³-hybridized carbons (Fsp3) is 0.471. The van der Waals surface area contributed by atoms with Crippen LogP contribution in [0, 0.1) is 12.8 Å². The van der Waals surface area contributed by atoms with Gasteiger partial charge in [-0.15, -0.1) is 0 Å². The first-order chi connectivity index (χ1) is 9.69. The van der Waals surface area contributed by atoms with Gasteiger partial charge in [-0.2, -0.15) is 0 Å². The summed E-state index contributed by atoms with van der Waals surface area (Å²) in [4.78, 5) is 4.49. The van der Waals surface area contributed by atoms with Gasteiger partial charge in [-0.3, -0.25) is 4.98 Å². The van der Waals surface area contributed by atoms with Gasteiger partial charge in [0.2, 0.25) is 0 Å². The van der Waals surface area contributed by atoms with E-state index in [4.69, 9.17) is 11.6 Å². The molecule has 0 spiro atoms. The molecule has 3 rings (SSSR count). The van der Waals surface area contributed by atoms with Gasteiger partial charge in [0, 0.05) is 17.6 Å². The van der Waals surface area contributed by atoms with Gasteiger partial charge >= 0.3 is 0 Å². The molecule has 1 aliphatic carbocycles. The summed E-state index contributed by atoms with van der Waals surface area (Å²) in [5.41, 5.74) is 3.24. The summed E-state index contributed by atoms with van der Waals surface area (Å²) in [6, 6.07) is 6.65. The van der Waals surface area contributed by atoms with Crippen LogP contribution in [-0.4, -0.2) is 11.0 Å². The van der Waals surface area contributed by atoms with Crippen LogP contribution in [0.5, 0.6) is 0 Å². The number of aromatic nitrogens is 1. The van der Waals surface area contributed by atoms with E-state index in [0.29, 0.717) is 6.04 Å². The summed E-state index contributed by atoms with van der Waals surface area (Å²) in [6.07, 6.45) is 6.94. The van der Waals surface area contributed by atoms with E-state index in [-0.39, 0.29) is 0 Å². The van der Waals surface area contributed by atoms with Gasteiger partial charge in [0.15, 0.2) is 0 Å². The second-order valence-electron chi connectivity index (χ2n) is 5.88. The molecule has 2 nitrogen and oxygen atoms in total. The highest BCUT2D eigenvalue weighted by atomic mass is 35.5. The minimum absolute atomic E-state index is 0.545. The van der Waals surface area contributed by atoms with Crippen molar-refractivity contribution in [3.05, 3.63) is 35.0 Å². The lowest BCUT2D eigenvalue weighted by Crippen LogP contribution is -2.16. The van der Waals surface area contributed by atoms with E-state index in [2.05, 4.69) is 30.2 Å². The van der Waals surface area contributed by atoms with Crippen LogP contribution in [0.4, 0.5) is 5.69 Å². The van der Waals surface area contributed by atoms with Crippen LogP contribution < -0.4 is 5.32 Å². The van der Waals surface area contributed by atoms with Crippen molar-refractivity contribution in [2.75, 3.05) is 5.32 Å². The number of hydrogen-bond acceptors (Lipinski definition) is 2. The molecule has 1 aliphatic rings. The van der Waals surface area contributed by atoms with Crippen molar-refractivity contribution >= 4 is 28.2 Å². The summed E-state index contributed by atoms with van der Waals surface area (Å²) in [6.45, 7) is 4.35. The molecular weight excluding hydrogens is 268 g/mol. The third-order valence-electron chi connectivity index (χ3n) is 4.50. The Bertz CT molecular complexity index is 624. The largest absolute Gasteiger partial charge is 0.381 e. The highest BCUT2D eigenvalue weighted by Gasteiger charge is 2.24. The summed E-state index contributed by atoms with van der Waals surface area (Å²) in [5, 5.41) is 5.62. The van der Waals surface area contributed by atoms with Crippen LogP contribution in [0.2, 0.25) is 5.02 Å². The van der Waals surface area contributed by atoms with Crippen LogP contribution in [0.3, 0.4) is 0 Å². The normalized spacial score (nSPS) is 22.4. The number of benzene rings is 1. The Labute approximate surface area is 125 Å². The summed E-state index contributed by atoms with van der Waals surface area (Å²) in [7, 11) is 0. The van der Waals surface area contributed by atoms with Crippen LogP contribution in [0.15, 0.2) is 24.4 Å². The third kappa shape index (κ3) is 2.49. The van der Waals surface area contributed by atoms with Crippen molar-refractivity contribution in [1.29, 1.82) is 0 Å². The number of pyridine rings is 1. The number of fused-ring (bicyclic) bond motifs is 1. The fourth-order valence-corrected chi connectivity index (χ4v) is 3.63. The van der Waals surface area contributed by atoms with E-state index in [0.717, 1.165) is 33.1 Å². The third-order valence-corrected chi connectivity index (χ3v) is 4.80. The molecule has 20 heavy (non-hydrogen) atoms. The first-order valence-electron chi connectivity index (χ1n) is 7.49. The highest BCUT2D eigenvalue weighted by molar-refractivity contribution is 6.35. The Morgan fingerprint density at radius 3 is 3.00 bits per heavy atom. The lowest BCUT2D eigenvalue weighted by molar-refractivity contribution is 0.525. The monoisotopic (exact) mass is 288 g/mol. The number of aryl methyl sites for hydroxylation is 1. The van der Waals surface area contributed by atoms with E-state index in [1.807, 2.05) is 18.3 Å². The zero-order valence-corrected chi connectivity index (χ0v) is 12.9. The Balaban J connectivity index is 1.95. The number of anilines is 1. The zero-order chi connectivity index (χ0) is 14.1. The van der Waals surface area contributed by atoms with Crippen molar-refractivity contribution in [2.45, 2.75) is 45.6 Å². The van der Waals surface area contributed by atoms with Crippen molar-refractivity contribution in [2.24, 2.45) is 5.92 Å². The van der Waals surface area contributed by atoms with Crippen molar-refractivity contribution in [3.63, 3.8) is 0 Å². The average molecular weight is 289 g/mol. The van der Waals surface area contributed by atoms with Gasteiger partial charge in [0.25, 0.3) is 0 Å². The molecular formula is C17H21ClN2. The molecule has 0 bridgehead atoms. The smallest absolute Gasteiger partial charge is 0.0752 e. The van der Waals surface area contributed by atoms with Crippen LogP contribution in [0.25, 0.3) is 10.9 Å². The number of rotatable bonds is 3. The molecule has 0 aliphatic heterocycles. The Morgan fingerprint density at radius 1 is 1.40 bits per heavy atom. The van der Waals surface area contributed by atoms with E-state index in [1.54, 1.807) is 0 Å². The molecule has 1 N–H and O–H groups in total. The number of hydrogen-bond donors (Lipinski definition) is 1. The first-order valence-corrected chi connectivity index (χ1v) is 7.87. The van der Waals surface area contributed by atoms with Crippen LogP contribution in [-0.2, 0) is 0 Å². The Morgan fingerprint density at radius 2 is 2.25 bits per heavy atom. The maximum absolute atomic E-state index is 6.47. The molecule has 0 amide bonds. The molecule has 1 fully saturated rings. The molecule has 1 aromatic carbocycles. The van der Waals surface area contributed by atoms with Gasteiger partial charge in [0.05, 0.1) is 16.2 Å². The molecule has 1 heterocycles. The fourth-order valence-electron chi connectivity index (χ4n) is 3.31. The van der Waals surface area contributed by atoms with E-state index < -0.39 is 0 Å². The predicted octanol–water partition coefficient (Wildman–Crippen LogP) is 5.19. The molecule has 106 valence electrons. The van der Waals surface area contributed by atoms with Gasteiger partial charge in [-0.1, -0.05) is 24.9 Å². The molecule has 1 saturated carbocycles. The summed E-state index contributed by atoms with van der Waals surface area (Å²) in [5.74, 6) is 0.862. The zero-order valence-electron chi connectivity index (χ0n) is 12.1. The molecule has 2 unspecified atom stereocenters. The van der Waals surface area contributed by atoms with Crippen molar-refractivity contribution < 1.29 is 0 Å². The Hall–Kier alpha value is -1.28. The average Bonchev–Trinajstić information content (AvgIpc) is 2.91. The molecule has 3 heteroatoms. The van der Waals surface area contributed by atoms with E-state index in [9.17, 15) is 0 Å². The standard InChI is InChI=1S/C17H21ClN2/c1-3-12-6-7-13(10-12)20-17-14-5-4-8-19-16(14)11(2)9-15(17)18/h4-5,8-9,12-13,20H,3,6-7,10H2,1-2H3. The first kappa shape index (κ1) is 13.7. The topological polar surface area (TPSA) is 24.9 Å². The second kappa shape index (κ2) is 5.61. The Kier molecular flexibility index (Phi) is 3.84. The number of nitrogens with one attached hydrogen (secondary N) is 1. The molecule has 2 aromatic rings. The van der Waals surface area contributed by atoms with Gasteiger partial charge < -0.3 is 5.32 Å². The lowest BCUT2D eigenvalue weighted by Gasteiger charge is -2.18. The predicted molar refractivity (Wildman–Crippen MR) is 86.5 cm³/mol. The van der Waals surface area contributed by atoms with Crippen molar-refractivity contribution in [1.82, 2.24) is 4.98 Å². The molecule has 0 radical (unpaired) electrons. The summed E-state index contributed by atoms with van der Waals surface area (Å²) < 4.78 is 0. The van der Waals surface area contributed by atoms with Crippen LogP contribution >= 0.6 is 11.6 Å². The van der Waals surface area contributed by atoms with Gasteiger partial charge in [-0.05, 0) is 55.9 Å².